The number of phosphoric acid groups is 1. The van der Waals surface area contributed by atoms with Gasteiger partial charge in [0.2, 0.25) is 5.91 Å². The van der Waals surface area contributed by atoms with Crippen molar-refractivity contribution in [2.45, 2.75) is 281 Å². The van der Waals surface area contributed by atoms with Crippen molar-refractivity contribution >= 4 is 13.7 Å². The Morgan fingerprint density at radius 3 is 1.33 bits per heavy atom. The molecule has 0 aromatic carbocycles. The lowest BCUT2D eigenvalue weighted by Gasteiger charge is -2.41. The molecule has 1 saturated carbocycles. The number of amides is 1. The van der Waals surface area contributed by atoms with Gasteiger partial charge >= 0.3 is 7.82 Å². The van der Waals surface area contributed by atoms with E-state index in [4.69, 9.17) is 9.05 Å². The molecule has 9 N–H and O–H groups in total. The number of aliphatic hydroxyl groups excluding tert-OH is 7. The summed E-state index contributed by atoms with van der Waals surface area (Å²) in [5.74, 6) is -0.606. The second-order valence-corrected chi connectivity index (χ2v) is 20.3. The van der Waals surface area contributed by atoms with Crippen molar-refractivity contribution in [2.24, 2.45) is 0 Å². The molecule has 14 heteroatoms. The minimum atomic E-state index is -5.15. The lowest BCUT2D eigenvalue weighted by Crippen LogP contribution is -2.64. The molecule has 1 fully saturated rings. The molecule has 1 aliphatic carbocycles. The Balaban J connectivity index is 2.48. The molecule has 1 aliphatic rings. The van der Waals surface area contributed by atoms with E-state index < -0.39 is 75.2 Å². The number of hydrogen-bond acceptors (Lipinski definition) is 11. The van der Waals surface area contributed by atoms with Crippen LogP contribution in [0.1, 0.15) is 226 Å². The van der Waals surface area contributed by atoms with Crippen LogP contribution in [0.25, 0.3) is 0 Å². The van der Waals surface area contributed by atoms with Gasteiger partial charge < -0.3 is 46.0 Å². The van der Waals surface area contributed by atoms with Gasteiger partial charge in [-0.3, -0.25) is 13.8 Å². The van der Waals surface area contributed by atoms with E-state index >= 15 is 0 Å². The van der Waals surface area contributed by atoms with E-state index in [1.54, 1.807) is 6.08 Å². The number of rotatable bonds is 44. The van der Waals surface area contributed by atoms with Crippen molar-refractivity contribution < 1.29 is 59.0 Å². The van der Waals surface area contributed by atoms with Crippen molar-refractivity contribution in [1.82, 2.24) is 5.32 Å². The molecule has 0 aliphatic heterocycles. The number of carbonyl (C=O) groups is 1. The zero-order valence-electron chi connectivity index (χ0n) is 41.4. The lowest BCUT2D eigenvalue weighted by atomic mass is 9.85. The minimum Gasteiger partial charge on any atom is -0.393 e. The van der Waals surface area contributed by atoms with Gasteiger partial charge in [-0.25, -0.2) is 4.57 Å². The van der Waals surface area contributed by atoms with Crippen molar-refractivity contribution in [3.8, 4) is 0 Å². The van der Waals surface area contributed by atoms with Gasteiger partial charge in [0, 0.05) is 0 Å². The Labute approximate surface area is 400 Å². The van der Waals surface area contributed by atoms with Crippen LogP contribution in [0.2, 0.25) is 0 Å². The molecule has 0 radical (unpaired) electrons. The highest BCUT2D eigenvalue weighted by atomic mass is 31.2. The summed E-state index contributed by atoms with van der Waals surface area (Å²) in [4.78, 5) is 23.5. The summed E-state index contributed by atoms with van der Waals surface area (Å²) in [6, 6.07) is -1.26. The van der Waals surface area contributed by atoms with Gasteiger partial charge in [-0.2, -0.15) is 0 Å². The molecule has 1 amide bonds. The molecular formula is C52H98NO12P. The van der Waals surface area contributed by atoms with Gasteiger partial charge in [-0.15, -0.1) is 0 Å². The predicted octanol–water partition coefficient (Wildman–Crippen LogP) is 10.1. The largest absolute Gasteiger partial charge is 0.472 e. The topological polar surface area (TPSA) is 226 Å². The van der Waals surface area contributed by atoms with Crippen molar-refractivity contribution in [2.75, 3.05) is 6.61 Å². The van der Waals surface area contributed by atoms with Crippen LogP contribution in [0.15, 0.2) is 36.5 Å². The van der Waals surface area contributed by atoms with Crippen LogP contribution in [0, 0.1) is 0 Å². The van der Waals surface area contributed by atoms with E-state index in [0.717, 1.165) is 64.2 Å². The monoisotopic (exact) mass is 960 g/mol. The van der Waals surface area contributed by atoms with E-state index in [-0.39, 0.29) is 6.42 Å². The molecule has 0 bridgehead atoms. The van der Waals surface area contributed by atoms with E-state index in [1.165, 1.54) is 134 Å². The molecule has 1 rings (SSSR count). The first-order chi connectivity index (χ1) is 31.8. The fourth-order valence-corrected chi connectivity index (χ4v) is 9.34. The first-order valence-electron chi connectivity index (χ1n) is 26.5. The molecule has 0 spiro atoms. The Morgan fingerprint density at radius 1 is 0.530 bits per heavy atom. The summed E-state index contributed by atoms with van der Waals surface area (Å²) in [7, 11) is -5.15. The highest BCUT2D eigenvalue weighted by Crippen LogP contribution is 2.47. The van der Waals surface area contributed by atoms with Crippen LogP contribution in [-0.4, -0.2) is 108 Å². The van der Waals surface area contributed by atoms with Crippen LogP contribution in [0.5, 0.6) is 0 Å². The van der Waals surface area contributed by atoms with Gasteiger partial charge in [0.25, 0.3) is 0 Å². The minimum absolute atomic E-state index is 0.257. The third-order valence-electron chi connectivity index (χ3n) is 12.7. The molecule has 66 heavy (non-hydrogen) atoms. The summed E-state index contributed by atoms with van der Waals surface area (Å²) in [6.07, 6.45) is 35.2. The van der Waals surface area contributed by atoms with Gasteiger partial charge in [0.05, 0.1) is 31.3 Å². The van der Waals surface area contributed by atoms with Crippen LogP contribution in [0.4, 0.5) is 0 Å². The van der Waals surface area contributed by atoms with Crippen LogP contribution >= 0.6 is 7.82 Å². The summed E-state index contributed by atoms with van der Waals surface area (Å²) >= 11 is 0. The number of hydrogen-bond donors (Lipinski definition) is 9. The first kappa shape index (κ1) is 62.5. The summed E-state index contributed by atoms with van der Waals surface area (Å²) < 4.78 is 22.9. The predicted molar refractivity (Wildman–Crippen MR) is 266 cm³/mol. The zero-order valence-corrected chi connectivity index (χ0v) is 42.3. The summed E-state index contributed by atoms with van der Waals surface area (Å²) in [5, 5.41) is 74.7. The molecule has 0 aromatic heterocycles. The van der Waals surface area contributed by atoms with Gasteiger partial charge in [0.1, 0.15) is 36.6 Å². The smallest absolute Gasteiger partial charge is 0.393 e. The molecule has 8 unspecified atom stereocenters. The Kier molecular flexibility index (Phi) is 39.1. The Hall–Kier alpha value is -1.48. The normalized spacial score (nSPS) is 22.6. The summed E-state index contributed by atoms with van der Waals surface area (Å²) in [5.41, 5.74) is 0. The summed E-state index contributed by atoms with van der Waals surface area (Å²) in [6.45, 7) is 3.75. The molecule has 0 aromatic rings. The average Bonchev–Trinajstić information content (AvgIpc) is 3.29. The van der Waals surface area contributed by atoms with E-state index in [1.807, 2.05) is 0 Å². The molecule has 0 saturated heterocycles. The fourth-order valence-electron chi connectivity index (χ4n) is 8.37. The molecular weight excluding hydrogens is 862 g/mol. The SMILES string of the molecule is CCCCCCCCCCCC/C=C/CC/C=C/C(O)C(COP(=O)(O)OC1C(O)C(O)C(O)C(O)C1O)NC(=O)CC(O)CCCCCCC/C=C\CCCCCCCCCCCCC. The van der Waals surface area contributed by atoms with Crippen LogP contribution in [-0.2, 0) is 18.4 Å². The van der Waals surface area contributed by atoms with E-state index in [2.05, 4.69) is 43.5 Å². The third kappa shape index (κ3) is 32.4. The standard InChI is InChI=1S/C52H98NO12P/c1-3-5-7-9-11-13-15-17-19-21-22-23-24-25-27-29-31-33-35-37-39-43(54)41-46(56)53-44(42-64-66(62,63)65-52-50(60)48(58)47(57)49(59)51(52)61)45(55)40-38-36-34-32-30-28-26-20-18-16-14-12-10-8-6-4-2/h24-25,30,32,38,40,43-45,47-52,54-55,57-61H,3-23,26-29,31,33-37,39,41-42H2,1-2H3,(H,53,56)(H,62,63)/b25-24-,32-30+,40-38+. The molecule has 13 nitrogen and oxygen atoms in total. The first-order valence-corrected chi connectivity index (χ1v) is 28.0. The lowest BCUT2D eigenvalue weighted by molar-refractivity contribution is -0.220. The fraction of sp³-hybridized carbons (Fsp3) is 0.865. The quantitative estimate of drug-likeness (QED) is 0.0158. The third-order valence-corrected chi connectivity index (χ3v) is 13.7. The number of nitrogens with one attached hydrogen (secondary N) is 1. The van der Waals surface area contributed by atoms with E-state index in [9.17, 15) is 50.0 Å². The van der Waals surface area contributed by atoms with Gasteiger partial charge in [-0.05, 0) is 57.8 Å². The molecule has 388 valence electrons. The molecule has 8 atom stereocenters. The average molecular weight is 960 g/mol. The van der Waals surface area contributed by atoms with Crippen LogP contribution < -0.4 is 5.32 Å². The Morgan fingerprint density at radius 2 is 0.894 bits per heavy atom. The maximum absolute atomic E-state index is 13.0. The second-order valence-electron chi connectivity index (χ2n) is 18.9. The molecule has 0 heterocycles. The number of phosphoric ester groups is 1. The highest BCUT2D eigenvalue weighted by Gasteiger charge is 2.51. The van der Waals surface area contributed by atoms with Gasteiger partial charge in [-0.1, -0.05) is 198 Å². The van der Waals surface area contributed by atoms with Gasteiger partial charge in [0.15, 0.2) is 0 Å². The second kappa shape index (κ2) is 41.3. The maximum Gasteiger partial charge on any atom is 0.472 e. The maximum atomic E-state index is 13.0. The number of unbranched alkanes of at least 4 members (excludes halogenated alkanes) is 27. The number of allylic oxidation sites excluding steroid dienone is 5. The van der Waals surface area contributed by atoms with Crippen LogP contribution in [0.3, 0.4) is 0 Å². The zero-order chi connectivity index (χ0) is 48.7. The van der Waals surface area contributed by atoms with Crippen molar-refractivity contribution in [1.29, 1.82) is 0 Å². The highest BCUT2D eigenvalue weighted by molar-refractivity contribution is 7.47. The Bertz CT molecular complexity index is 1270. The number of carbonyl (C=O) groups excluding carboxylic acids is 1. The number of aliphatic hydroxyl groups is 7. The van der Waals surface area contributed by atoms with Crippen molar-refractivity contribution in [3.63, 3.8) is 0 Å². The van der Waals surface area contributed by atoms with E-state index in [0.29, 0.717) is 12.8 Å². The van der Waals surface area contributed by atoms with Crippen molar-refractivity contribution in [3.05, 3.63) is 36.5 Å².